The van der Waals surface area contributed by atoms with Gasteiger partial charge >= 0.3 is 0 Å². The number of sulfone groups is 1. The SMILES string of the molecule is COCCN1C[C@H](Cc2ccccc2)n2cc(C(=O)CS(C)(=O)=O)c(=O)c(O)c2C1=O. The average Bonchev–Trinajstić information content (AvgIpc) is 2.70. The highest BCUT2D eigenvalue weighted by Crippen LogP contribution is 2.29. The molecule has 0 fully saturated rings. The lowest BCUT2D eigenvalue weighted by Gasteiger charge is -2.36. The molecule has 0 saturated carbocycles. The van der Waals surface area contributed by atoms with Crippen LogP contribution in [0.15, 0.2) is 41.3 Å². The van der Waals surface area contributed by atoms with Crippen LogP contribution in [0.25, 0.3) is 0 Å². The predicted molar refractivity (Wildman–Crippen MR) is 113 cm³/mol. The second-order valence-corrected chi connectivity index (χ2v) is 9.70. The number of nitrogens with zero attached hydrogens (tertiary/aromatic N) is 2. The number of methoxy groups -OCH3 is 1. The van der Waals surface area contributed by atoms with Crippen LogP contribution < -0.4 is 5.43 Å². The van der Waals surface area contributed by atoms with Gasteiger partial charge in [0.25, 0.3) is 5.91 Å². The maximum atomic E-state index is 13.0. The molecule has 166 valence electrons. The number of carbonyl (C=O) groups excluding carboxylic acids is 2. The van der Waals surface area contributed by atoms with Crippen molar-refractivity contribution >= 4 is 21.5 Å². The predicted octanol–water partition coefficient (Wildman–Crippen LogP) is 0.667. The molecule has 2 aromatic rings. The molecule has 10 heteroatoms. The van der Waals surface area contributed by atoms with Crippen molar-refractivity contribution in [3.63, 3.8) is 0 Å². The Labute approximate surface area is 179 Å². The van der Waals surface area contributed by atoms with Gasteiger partial charge in [0.1, 0.15) is 5.75 Å². The fourth-order valence-corrected chi connectivity index (χ4v) is 4.28. The molecular formula is C21H24N2O7S. The van der Waals surface area contributed by atoms with Crippen LogP contribution >= 0.6 is 0 Å². The third-order valence-corrected chi connectivity index (χ3v) is 5.88. The molecule has 0 aliphatic carbocycles. The number of fused-ring (bicyclic) bond motifs is 1. The van der Waals surface area contributed by atoms with Gasteiger partial charge in [-0.3, -0.25) is 14.4 Å². The van der Waals surface area contributed by atoms with Crippen LogP contribution in [-0.4, -0.2) is 73.5 Å². The maximum absolute atomic E-state index is 13.0. The summed E-state index contributed by atoms with van der Waals surface area (Å²) in [5.41, 5.74) is -0.769. The zero-order valence-corrected chi connectivity index (χ0v) is 18.1. The number of hydrogen-bond donors (Lipinski definition) is 1. The van der Waals surface area contributed by atoms with Crippen molar-refractivity contribution in [3.05, 3.63) is 63.6 Å². The normalized spacial score (nSPS) is 16.3. The summed E-state index contributed by atoms with van der Waals surface area (Å²) in [7, 11) is -2.18. The Hall–Kier alpha value is -2.98. The van der Waals surface area contributed by atoms with Crippen LogP contribution in [0.2, 0.25) is 0 Å². The average molecular weight is 448 g/mol. The quantitative estimate of drug-likeness (QED) is 0.589. The lowest BCUT2D eigenvalue weighted by Crippen LogP contribution is -2.46. The molecule has 0 radical (unpaired) electrons. The molecule has 0 bridgehead atoms. The lowest BCUT2D eigenvalue weighted by molar-refractivity contribution is 0.0591. The first kappa shape index (κ1) is 22.7. The van der Waals surface area contributed by atoms with E-state index in [9.17, 15) is 27.9 Å². The second-order valence-electron chi connectivity index (χ2n) is 7.56. The van der Waals surface area contributed by atoms with Crippen molar-refractivity contribution in [3.8, 4) is 5.75 Å². The summed E-state index contributed by atoms with van der Waals surface area (Å²) in [5.74, 6) is -3.20. The van der Waals surface area contributed by atoms with E-state index < -0.39 is 44.0 Å². The monoisotopic (exact) mass is 448 g/mol. The highest BCUT2D eigenvalue weighted by molar-refractivity contribution is 7.91. The van der Waals surface area contributed by atoms with Gasteiger partial charge < -0.3 is 19.3 Å². The highest BCUT2D eigenvalue weighted by atomic mass is 32.2. The minimum absolute atomic E-state index is 0.218. The first-order valence-corrected chi connectivity index (χ1v) is 11.7. The Morgan fingerprint density at radius 1 is 1.23 bits per heavy atom. The number of ether oxygens (including phenoxy) is 1. The maximum Gasteiger partial charge on any atom is 0.274 e. The number of amides is 1. The van der Waals surface area contributed by atoms with E-state index in [0.717, 1.165) is 11.8 Å². The van der Waals surface area contributed by atoms with Crippen LogP contribution in [0.1, 0.15) is 32.5 Å². The molecule has 2 heterocycles. The molecule has 9 nitrogen and oxygen atoms in total. The number of hydrogen-bond acceptors (Lipinski definition) is 7. The van der Waals surface area contributed by atoms with Gasteiger partial charge in [0.2, 0.25) is 5.43 Å². The zero-order valence-electron chi connectivity index (χ0n) is 17.3. The second kappa shape index (κ2) is 9.03. The summed E-state index contributed by atoms with van der Waals surface area (Å²) in [6, 6.07) is 9.05. The van der Waals surface area contributed by atoms with Crippen LogP contribution in [0.5, 0.6) is 5.75 Å². The van der Waals surface area contributed by atoms with Crippen molar-refractivity contribution in [2.75, 3.05) is 38.8 Å². The molecule has 1 amide bonds. The summed E-state index contributed by atoms with van der Waals surface area (Å²) >= 11 is 0. The number of benzene rings is 1. The molecule has 1 atom stereocenters. The van der Waals surface area contributed by atoms with Gasteiger partial charge in [-0.25, -0.2) is 8.42 Å². The van der Waals surface area contributed by atoms with Gasteiger partial charge in [-0.1, -0.05) is 30.3 Å². The third kappa shape index (κ3) is 5.02. The topological polar surface area (TPSA) is 123 Å². The summed E-state index contributed by atoms with van der Waals surface area (Å²) in [4.78, 5) is 39.5. The van der Waals surface area contributed by atoms with E-state index in [1.807, 2.05) is 30.3 Å². The van der Waals surface area contributed by atoms with Crippen molar-refractivity contribution < 1.29 is 27.9 Å². The van der Waals surface area contributed by atoms with Crippen LogP contribution in [0, 0.1) is 0 Å². The van der Waals surface area contributed by atoms with Crippen LogP contribution in [0.3, 0.4) is 0 Å². The summed E-state index contributed by atoms with van der Waals surface area (Å²) in [6.07, 6.45) is 2.55. The van der Waals surface area contributed by atoms with Crippen molar-refractivity contribution in [1.29, 1.82) is 0 Å². The Morgan fingerprint density at radius 3 is 2.52 bits per heavy atom. The largest absolute Gasteiger partial charge is 0.503 e. The Bertz CT molecular complexity index is 1160. The molecule has 1 aliphatic rings. The van der Waals surface area contributed by atoms with E-state index in [-0.39, 0.29) is 31.4 Å². The molecule has 0 spiro atoms. The van der Waals surface area contributed by atoms with Gasteiger partial charge in [-0.15, -0.1) is 0 Å². The van der Waals surface area contributed by atoms with Crippen molar-refractivity contribution in [2.24, 2.45) is 0 Å². The van der Waals surface area contributed by atoms with E-state index in [4.69, 9.17) is 4.74 Å². The van der Waals surface area contributed by atoms with Gasteiger partial charge in [0.05, 0.1) is 18.2 Å². The van der Waals surface area contributed by atoms with E-state index in [1.54, 1.807) is 0 Å². The van der Waals surface area contributed by atoms with Gasteiger partial charge in [-0.05, 0) is 12.0 Å². The minimum Gasteiger partial charge on any atom is -0.503 e. The van der Waals surface area contributed by atoms with Crippen molar-refractivity contribution in [1.82, 2.24) is 9.47 Å². The number of Topliss-reactive ketones (excluding diaryl/α,β-unsaturated/α-hetero) is 1. The highest BCUT2D eigenvalue weighted by Gasteiger charge is 2.35. The molecule has 1 aromatic carbocycles. The van der Waals surface area contributed by atoms with E-state index >= 15 is 0 Å². The molecule has 31 heavy (non-hydrogen) atoms. The molecule has 1 N–H and O–H groups in total. The minimum atomic E-state index is -3.68. The fourth-order valence-electron chi connectivity index (χ4n) is 3.65. The van der Waals surface area contributed by atoms with Crippen molar-refractivity contribution in [2.45, 2.75) is 12.5 Å². The standard InChI is InChI=1S/C21H24N2O7S/c1-30-9-8-22-11-15(10-14-6-4-3-5-7-14)23-12-16(17(24)13-31(2,28)29)19(25)20(26)18(23)21(22)27/h3-7,12,15,26H,8-11,13H2,1-2H3/t15-/m0/s1. The fraction of sp³-hybridized carbons (Fsp3) is 0.381. The van der Waals surface area contributed by atoms with Gasteiger partial charge in [0, 0.05) is 32.7 Å². The Morgan fingerprint density at radius 2 is 1.90 bits per heavy atom. The van der Waals surface area contributed by atoms with Gasteiger partial charge in [0.15, 0.2) is 27.1 Å². The van der Waals surface area contributed by atoms with E-state index in [0.29, 0.717) is 6.42 Å². The van der Waals surface area contributed by atoms with E-state index in [2.05, 4.69) is 0 Å². The summed E-state index contributed by atoms with van der Waals surface area (Å²) in [5, 5.41) is 10.6. The van der Waals surface area contributed by atoms with Gasteiger partial charge in [-0.2, -0.15) is 0 Å². The number of carbonyl (C=O) groups is 2. The zero-order chi connectivity index (χ0) is 22.8. The molecule has 1 aliphatic heterocycles. The third-order valence-electron chi connectivity index (χ3n) is 5.10. The molecular weight excluding hydrogens is 424 g/mol. The number of ketones is 1. The lowest BCUT2D eigenvalue weighted by atomic mass is 10.0. The molecule has 1 aromatic heterocycles. The number of rotatable bonds is 8. The Kier molecular flexibility index (Phi) is 6.61. The number of aromatic nitrogens is 1. The molecule has 0 unspecified atom stereocenters. The number of aromatic hydroxyl groups is 1. The Balaban J connectivity index is 2.12. The van der Waals surface area contributed by atoms with Crippen LogP contribution in [0.4, 0.5) is 0 Å². The summed E-state index contributed by atoms with van der Waals surface area (Å²) in [6.45, 7) is 0.814. The molecule has 3 rings (SSSR count). The number of pyridine rings is 1. The molecule has 0 saturated heterocycles. The van der Waals surface area contributed by atoms with Crippen LogP contribution in [-0.2, 0) is 21.0 Å². The smallest absolute Gasteiger partial charge is 0.274 e. The first-order valence-electron chi connectivity index (χ1n) is 9.63. The first-order chi connectivity index (χ1) is 14.6. The summed E-state index contributed by atoms with van der Waals surface area (Å²) < 4.78 is 29.6. The van der Waals surface area contributed by atoms with E-state index in [1.165, 1.54) is 22.8 Å².